The van der Waals surface area contributed by atoms with Crippen LogP contribution in [0.5, 0.6) is 17.5 Å². The molecule has 38 heavy (non-hydrogen) atoms. The normalized spacial score (nSPS) is 29.8. The zero-order valence-electron chi connectivity index (χ0n) is 21.4. The van der Waals surface area contributed by atoms with Crippen molar-refractivity contribution in [2.45, 2.75) is 75.3 Å². The number of phenols is 1. The van der Waals surface area contributed by atoms with Crippen molar-refractivity contribution in [2.75, 3.05) is 18.1 Å². The Labute approximate surface area is 219 Å². The molecule has 2 bridgehead atoms. The van der Waals surface area contributed by atoms with Crippen molar-refractivity contribution < 1.29 is 19.0 Å². The molecule has 198 valence electrons. The van der Waals surface area contributed by atoms with Crippen molar-refractivity contribution >= 4 is 5.95 Å². The third-order valence-corrected chi connectivity index (χ3v) is 8.31. The SMILES string of the molecule is C[C@@]12CC[C@@](C)(N1)[C@@H](F)[C@@H](N(c1ncc(-c3ccc(-c4cnc5c(n4)OCCO5)cc3O)nn1)C1CC1)C2. The molecule has 7 rings (SSSR count). The lowest BCUT2D eigenvalue weighted by Crippen LogP contribution is -2.66. The molecule has 4 aliphatic rings. The molecule has 1 saturated carbocycles. The van der Waals surface area contributed by atoms with E-state index in [1.54, 1.807) is 24.5 Å². The van der Waals surface area contributed by atoms with Crippen LogP contribution >= 0.6 is 0 Å². The third kappa shape index (κ3) is 3.91. The molecule has 0 radical (unpaired) electrons. The summed E-state index contributed by atoms with van der Waals surface area (Å²) in [6.45, 7) is 5.03. The number of hydrogen-bond donors (Lipinski definition) is 2. The van der Waals surface area contributed by atoms with Gasteiger partial charge >= 0.3 is 0 Å². The summed E-state index contributed by atoms with van der Waals surface area (Å²) in [5, 5.41) is 23.2. The van der Waals surface area contributed by atoms with E-state index < -0.39 is 11.7 Å². The maximum Gasteiger partial charge on any atom is 0.278 e. The topological polar surface area (TPSA) is 118 Å². The van der Waals surface area contributed by atoms with Crippen molar-refractivity contribution in [3.05, 3.63) is 30.6 Å². The molecule has 3 aliphatic heterocycles. The highest BCUT2D eigenvalue weighted by atomic mass is 19.1. The van der Waals surface area contributed by atoms with Crippen LogP contribution in [0.15, 0.2) is 30.6 Å². The Hall–Kier alpha value is -3.60. The van der Waals surface area contributed by atoms with Gasteiger partial charge in [-0.05, 0) is 58.1 Å². The molecule has 3 aromatic rings. The van der Waals surface area contributed by atoms with Gasteiger partial charge in [-0.25, -0.2) is 19.3 Å². The summed E-state index contributed by atoms with van der Waals surface area (Å²) in [7, 11) is 0. The first-order valence-electron chi connectivity index (χ1n) is 13.2. The minimum atomic E-state index is -1.03. The number of halogens is 1. The van der Waals surface area contributed by atoms with Gasteiger partial charge in [0.25, 0.3) is 11.8 Å². The lowest BCUT2D eigenvalue weighted by molar-refractivity contribution is 0.0828. The van der Waals surface area contributed by atoms with Gasteiger partial charge in [-0.3, -0.25) is 0 Å². The highest BCUT2D eigenvalue weighted by molar-refractivity contribution is 5.72. The Morgan fingerprint density at radius 1 is 1.03 bits per heavy atom. The average Bonchev–Trinajstić information content (AvgIpc) is 3.72. The number of rotatable bonds is 5. The van der Waals surface area contributed by atoms with Gasteiger partial charge in [-0.2, -0.15) is 0 Å². The van der Waals surface area contributed by atoms with Gasteiger partial charge in [0.2, 0.25) is 5.95 Å². The Morgan fingerprint density at radius 2 is 1.82 bits per heavy atom. The predicted molar refractivity (Wildman–Crippen MR) is 137 cm³/mol. The zero-order chi connectivity index (χ0) is 26.1. The minimum Gasteiger partial charge on any atom is -0.507 e. The number of benzene rings is 1. The predicted octanol–water partition coefficient (Wildman–Crippen LogP) is 3.45. The molecular weight excluding hydrogens is 489 g/mol. The Bertz CT molecular complexity index is 1390. The van der Waals surface area contributed by atoms with E-state index in [9.17, 15) is 5.11 Å². The number of anilines is 1. The summed E-state index contributed by atoms with van der Waals surface area (Å²) in [5.74, 6) is 1.16. The number of phenolic OH excluding ortho intramolecular Hbond substituents is 1. The Morgan fingerprint density at radius 3 is 2.55 bits per heavy atom. The number of nitrogens with one attached hydrogen (secondary N) is 1. The quantitative estimate of drug-likeness (QED) is 0.519. The number of nitrogens with zero attached hydrogens (tertiary/aromatic N) is 6. The van der Waals surface area contributed by atoms with E-state index in [0.29, 0.717) is 59.9 Å². The smallest absolute Gasteiger partial charge is 0.278 e. The Balaban J connectivity index is 1.15. The van der Waals surface area contributed by atoms with Crippen LogP contribution in [0.4, 0.5) is 10.3 Å². The molecule has 3 fully saturated rings. The van der Waals surface area contributed by atoms with E-state index in [2.05, 4.69) is 42.3 Å². The number of fused-ring (bicyclic) bond motifs is 3. The van der Waals surface area contributed by atoms with Crippen molar-refractivity contribution in [2.24, 2.45) is 0 Å². The number of aromatic hydroxyl groups is 1. The average molecular weight is 520 g/mol. The zero-order valence-corrected chi connectivity index (χ0v) is 21.4. The fourth-order valence-electron chi connectivity index (χ4n) is 6.26. The van der Waals surface area contributed by atoms with Crippen molar-refractivity contribution in [3.8, 4) is 40.0 Å². The molecule has 1 aromatic carbocycles. The Kier molecular flexibility index (Phi) is 5.23. The molecule has 0 unspecified atom stereocenters. The maximum atomic E-state index is 15.8. The highest BCUT2D eigenvalue weighted by Gasteiger charge is 2.58. The standard InChI is InChI=1S/C27H30FN7O3/c1-26-7-8-27(2,34-26)22(28)20(12-26)35(16-4-5-16)25-30-14-19(32-33-25)17-6-3-15(11-21(17)36)18-13-29-23-24(31-18)38-10-9-37-23/h3,6,11,13-14,16,20,22,34,36H,4-5,7-10,12H2,1-2H3/t20-,22-,26-,27+/m0/s1. The van der Waals surface area contributed by atoms with Gasteiger partial charge in [0.1, 0.15) is 30.8 Å². The van der Waals surface area contributed by atoms with Crippen molar-refractivity contribution in [1.82, 2.24) is 30.5 Å². The first kappa shape index (κ1) is 23.5. The van der Waals surface area contributed by atoms with Crippen LogP contribution in [0, 0.1) is 0 Å². The molecular formula is C27H30FN7O3. The molecule has 2 N–H and O–H groups in total. The van der Waals surface area contributed by atoms with E-state index in [1.807, 2.05) is 13.0 Å². The molecule has 2 aromatic heterocycles. The molecule has 1 aliphatic carbocycles. The molecule has 10 nitrogen and oxygen atoms in total. The van der Waals surface area contributed by atoms with Gasteiger partial charge < -0.3 is 24.8 Å². The fraction of sp³-hybridized carbons (Fsp3) is 0.519. The first-order valence-corrected chi connectivity index (χ1v) is 13.2. The summed E-state index contributed by atoms with van der Waals surface area (Å²) in [6.07, 6.45) is 6.65. The van der Waals surface area contributed by atoms with Crippen LogP contribution in [0.3, 0.4) is 0 Å². The summed E-state index contributed by atoms with van der Waals surface area (Å²) < 4.78 is 26.8. The maximum absolute atomic E-state index is 15.8. The van der Waals surface area contributed by atoms with E-state index >= 15 is 4.39 Å². The van der Waals surface area contributed by atoms with E-state index in [1.165, 1.54) is 0 Å². The van der Waals surface area contributed by atoms with Crippen molar-refractivity contribution in [1.29, 1.82) is 0 Å². The van der Waals surface area contributed by atoms with Crippen LogP contribution in [-0.2, 0) is 0 Å². The van der Waals surface area contributed by atoms with Crippen LogP contribution in [0.1, 0.15) is 46.0 Å². The molecule has 5 heterocycles. The van der Waals surface area contributed by atoms with E-state index in [-0.39, 0.29) is 23.4 Å². The lowest BCUT2D eigenvalue weighted by Gasteiger charge is -2.48. The van der Waals surface area contributed by atoms with Crippen LogP contribution < -0.4 is 19.7 Å². The fourth-order valence-corrected chi connectivity index (χ4v) is 6.26. The molecule has 11 heteroatoms. The molecule has 0 amide bonds. The number of piperidine rings is 1. The van der Waals surface area contributed by atoms with Crippen LogP contribution in [-0.4, -0.2) is 72.8 Å². The second-order valence-electron chi connectivity index (χ2n) is 11.4. The monoisotopic (exact) mass is 519 g/mol. The lowest BCUT2D eigenvalue weighted by atomic mass is 9.82. The van der Waals surface area contributed by atoms with Crippen LogP contribution in [0.2, 0.25) is 0 Å². The molecule has 4 atom stereocenters. The first-order chi connectivity index (χ1) is 18.3. The van der Waals surface area contributed by atoms with E-state index in [4.69, 9.17) is 9.47 Å². The van der Waals surface area contributed by atoms with Gasteiger partial charge in [-0.15, -0.1) is 10.2 Å². The highest BCUT2D eigenvalue weighted by Crippen LogP contribution is 2.47. The third-order valence-electron chi connectivity index (χ3n) is 8.31. The van der Waals surface area contributed by atoms with Crippen molar-refractivity contribution in [3.63, 3.8) is 0 Å². The number of ether oxygens (including phenoxy) is 2. The van der Waals surface area contributed by atoms with E-state index in [0.717, 1.165) is 25.7 Å². The summed E-state index contributed by atoms with van der Waals surface area (Å²) >= 11 is 0. The van der Waals surface area contributed by atoms with Gasteiger partial charge in [0, 0.05) is 28.2 Å². The summed E-state index contributed by atoms with van der Waals surface area (Å²) in [4.78, 5) is 15.4. The summed E-state index contributed by atoms with van der Waals surface area (Å²) in [6, 6.07) is 5.10. The summed E-state index contributed by atoms with van der Waals surface area (Å²) in [5.41, 5.74) is 1.53. The van der Waals surface area contributed by atoms with Crippen LogP contribution in [0.25, 0.3) is 22.5 Å². The second kappa shape index (κ2) is 8.45. The number of alkyl halides is 1. The number of aromatic nitrogens is 5. The molecule has 0 spiro atoms. The minimum absolute atomic E-state index is 0.0155. The van der Waals surface area contributed by atoms with Gasteiger partial charge in [-0.1, -0.05) is 6.07 Å². The largest absolute Gasteiger partial charge is 0.507 e. The number of hydrogen-bond acceptors (Lipinski definition) is 10. The van der Waals surface area contributed by atoms with Gasteiger partial charge in [0.15, 0.2) is 0 Å². The molecule has 2 saturated heterocycles. The second-order valence-corrected chi connectivity index (χ2v) is 11.4. The van der Waals surface area contributed by atoms with Gasteiger partial charge in [0.05, 0.1) is 24.1 Å².